The Hall–Kier alpha value is -0.200. The summed E-state index contributed by atoms with van der Waals surface area (Å²) < 4.78 is 10.7. The van der Waals surface area contributed by atoms with Crippen LogP contribution < -0.4 is 0 Å². The molecule has 5 heteroatoms. The average molecular weight is 204 g/mol. The zero-order valence-corrected chi connectivity index (χ0v) is 8.09. The molecule has 3 N–H and O–H groups in total. The van der Waals surface area contributed by atoms with Crippen LogP contribution in [0.2, 0.25) is 0 Å². The molecule has 2 aliphatic heterocycles. The molecule has 0 amide bonds. The first-order chi connectivity index (χ1) is 6.59. The van der Waals surface area contributed by atoms with Crippen LogP contribution in [0.4, 0.5) is 0 Å². The fraction of sp³-hybridized carbons (Fsp3) is 1.00. The summed E-state index contributed by atoms with van der Waals surface area (Å²) >= 11 is 0. The fourth-order valence-corrected chi connectivity index (χ4v) is 2.12. The lowest BCUT2D eigenvalue weighted by Crippen LogP contribution is -2.37. The van der Waals surface area contributed by atoms with E-state index in [-0.39, 0.29) is 12.7 Å². The third-order valence-electron chi connectivity index (χ3n) is 3.04. The molecule has 0 aliphatic carbocycles. The van der Waals surface area contributed by atoms with E-state index in [1.807, 2.05) is 6.92 Å². The highest BCUT2D eigenvalue weighted by atomic mass is 16.7. The molecule has 2 fully saturated rings. The SMILES string of the molecule is CCC1(O)C[C@H]2O[C@H](CO)C(O)[C@H]2O1. The first kappa shape index (κ1) is 10.3. The van der Waals surface area contributed by atoms with E-state index in [0.717, 1.165) is 0 Å². The normalized spacial score (nSPS) is 52.3. The van der Waals surface area contributed by atoms with Gasteiger partial charge in [-0.3, -0.25) is 0 Å². The summed E-state index contributed by atoms with van der Waals surface area (Å²) in [5.41, 5.74) is 0. The Kier molecular flexibility index (Phi) is 2.53. The minimum atomic E-state index is -1.17. The Morgan fingerprint density at radius 3 is 2.71 bits per heavy atom. The van der Waals surface area contributed by atoms with Gasteiger partial charge in [0.25, 0.3) is 0 Å². The summed E-state index contributed by atoms with van der Waals surface area (Å²) in [6, 6.07) is 0. The van der Waals surface area contributed by atoms with Gasteiger partial charge in [-0.05, 0) is 6.42 Å². The zero-order chi connectivity index (χ0) is 10.3. The van der Waals surface area contributed by atoms with Crippen molar-refractivity contribution < 1.29 is 24.8 Å². The molecule has 82 valence electrons. The average Bonchev–Trinajstić information content (AvgIpc) is 2.64. The quantitative estimate of drug-likeness (QED) is 0.537. The molecule has 2 unspecified atom stereocenters. The highest BCUT2D eigenvalue weighted by Gasteiger charge is 2.54. The Labute approximate surface area is 82.3 Å². The maximum absolute atomic E-state index is 9.81. The van der Waals surface area contributed by atoms with Gasteiger partial charge in [-0.1, -0.05) is 6.92 Å². The molecule has 14 heavy (non-hydrogen) atoms. The van der Waals surface area contributed by atoms with Crippen LogP contribution in [0.15, 0.2) is 0 Å². The van der Waals surface area contributed by atoms with Crippen LogP contribution in [-0.2, 0) is 9.47 Å². The van der Waals surface area contributed by atoms with Gasteiger partial charge in [0.05, 0.1) is 12.7 Å². The molecule has 0 aromatic rings. The Balaban J connectivity index is 2.05. The molecule has 5 atom stereocenters. The molecular weight excluding hydrogens is 188 g/mol. The van der Waals surface area contributed by atoms with Gasteiger partial charge < -0.3 is 24.8 Å². The molecular formula is C9H16O5. The predicted molar refractivity (Wildman–Crippen MR) is 46.5 cm³/mol. The van der Waals surface area contributed by atoms with Gasteiger partial charge in [-0.2, -0.15) is 0 Å². The van der Waals surface area contributed by atoms with Crippen LogP contribution in [0.3, 0.4) is 0 Å². The first-order valence-corrected chi connectivity index (χ1v) is 4.94. The minimum absolute atomic E-state index is 0.220. The van der Waals surface area contributed by atoms with E-state index in [2.05, 4.69) is 0 Å². The second-order valence-corrected chi connectivity index (χ2v) is 3.97. The summed E-state index contributed by atoms with van der Waals surface area (Å²) in [6.45, 7) is 1.60. The Bertz CT molecular complexity index is 221. The van der Waals surface area contributed by atoms with Crippen LogP contribution in [0.25, 0.3) is 0 Å². The minimum Gasteiger partial charge on any atom is -0.394 e. The number of ether oxygens (including phenoxy) is 2. The fourth-order valence-electron chi connectivity index (χ4n) is 2.12. The van der Waals surface area contributed by atoms with Crippen molar-refractivity contribution in [2.45, 2.75) is 50.0 Å². The molecule has 0 aromatic heterocycles. The van der Waals surface area contributed by atoms with Crippen molar-refractivity contribution in [2.75, 3.05) is 6.61 Å². The van der Waals surface area contributed by atoms with Crippen LogP contribution in [0.5, 0.6) is 0 Å². The van der Waals surface area contributed by atoms with Gasteiger partial charge in [-0.25, -0.2) is 0 Å². The smallest absolute Gasteiger partial charge is 0.168 e. The summed E-state index contributed by atoms with van der Waals surface area (Å²) in [4.78, 5) is 0. The molecule has 0 spiro atoms. The van der Waals surface area contributed by atoms with E-state index in [9.17, 15) is 10.2 Å². The van der Waals surface area contributed by atoms with E-state index in [1.165, 1.54) is 0 Å². The molecule has 2 rings (SSSR count). The van der Waals surface area contributed by atoms with Crippen molar-refractivity contribution in [1.82, 2.24) is 0 Å². The molecule has 2 heterocycles. The van der Waals surface area contributed by atoms with Gasteiger partial charge in [0, 0.05) is 6.42 Å². The zero-order valence-electron chi connectivity index (χ0n) is 8.09. The molecule has 0 bridgehead atoms. The van der Waals surface area contributed by atoms with Crippen LogP contribution in [0.1, 0.15) is 19.8 Å². The van der Waals surface area contributed by atoms with Crippen LogP contribution in [0, 0.1) is 0 Å². The first-order valence-electron chi connectivity index (χ1n) is 4.94. The largest absolute Gasteiger partial charge is 0.394 e. The van der Waals surface area contributed by atoms with Crippen molar-refractivity contribution in [3.8, 4) is 0 Å². The third-order valence-corrected chi connectivity index (χ3v) is 3.04. The standard InChI is InChI=1S/C9H16O5/c1-2-9(12)3-5-8(14-9)7(11)6(4-10)13-5/h5-8,10-12H,2-4H2,1H3/t5-,6-,7?,8+,9?/m1/s1. The van der Waals surface area contributed by atoms with Gasteiger partial charge in [0.15, 0.2) is 5.79 Å². The lowest BCUT2D eigenvalue weighted by atomic mass is 10.1. The van der Waals surface area contributed by atoms with Gasteiger partial charge in [-0.15, -0.1) is 0 Å². The topological polar surface area (TPSA) is 79.2 Å². The number of fused-ring (bicyclic) bond motifs is 1. The third kappa shape index (κ3) is 1.45. The summed E-state index contributed by atoms with van der Waals surface area (Å²) in [6.07, 6.45) is -1.39. The molecule has 0 radical (unpaired) electrons. The van der Waals surface area contributed by atoms with E-state index >= 15 is 0 Å². The van der Waals surface area contributed by atoms with Crippen molar-refractivity contribution >= 4 is 0 Å². The summed E-state index contributed by atoms with van der Waals surface area (Å²) in [5.74, 6) is -1.17. The van der Waals surface area contributed by atoms with Gasteiger partial charge >= 0.3 is 0 Å². The van der Waals surface area contributed by atoms with Crippen molar-refractivity contribution in [3.63, 3.8) is 0 Å². The highest BCUT2D eigenvalue weighted by Crippen LogP contribution is 2.39. The number of aliphatic hydroxyl groups excluding tert-OH is 2. The molecule has 5 nitrogen and oxygen atoms in total. The monoisotopic (exact) mass is 204 g/mol. The maximum Gasteiger partial charge on any atom is 0.168 e. The van der Waals surface area contributed by atoms with Crippen molar-refractivity contribution in [1.29, 1.82) is 0 Å². The molecule has 0 saturated carbocycles. The highest BCUT2D eigenvalue weighted by molar-refractivity contribution is 4.99. The molecule has 2 aliphatic rings. The number of aliphatic hydroxyl groups is 3. The van der Waals surface area contributed by atoms with E-state index in [4.69, 9.17) is 14.6 Å². The van der Waals surface area contributed by atoms with Crippen molar-refractivity contribution in [3.05, 3.63) is 0 Å². The Morgan fingerprint density at radius 2 is 2.21 bits per heavy atom. The van der Waals surface area contributed by atoms with Crippen LogP contribution >= 0.6 is 0 Å². The second-order valence-electron chi connectivity index (χ2n) is 3.97. The Morgan fingerprint density at radius 1 is 1.50 bits per heavy atom. The van der Waals surface area contributed by atoms with Gasteiger partial charge in [0.1, 0.15) is 18.3 Å². The second kappa shape index (κ2) is 3.43. The predicted octanol–water partition coefficient (Wildman–Crippen LogP) is -1.01. The number of hydrogen-bond acceptors (Lipinski definition) is 5. The van der Waals surface area contributed by atoms with Crippen LogP contribution in [-0.4, -0.2) is 52.1 Å². The molecule has 0 aromatic carbocycles. The van der Waals surface area contributed by atoms with Crippen molar-refractivity contribution in [2.24, 2.45) is 0 Å². The van der Waals surface area contributed by atoms with E-state index < -0.39 is 24.1 Å². The summed E-state index contributed by atoms with van der Waals surface area (Å²) in [7, 11) is 0. The van der Waals surface area contributed by atoms with E-state index in [0.29, 0.717) is 12.8 Å². The summed E-state index contributed by atoms with van der Waals surface area (Å²) in [5, 5.41) is 28.3. The lowest BCUT2D eigenvalue weighted by Gasteiger charge is -2.24. The van der Waals surface area contributed by atoms with Gasteiger partial charge in [0.2, 0.25) is 0 Å². The lowest BCUT2D eigenvalue weighted by molar-refractivity contribution is -0.210. The maximum atomic E-state index is 9.81. The van der Waals surface area contributed by atoms with E-state index in [1.54, 1.807) is 0 Å². The molecule has 2 saturated heterocycles. The number of hydrogen-bond donors (Lipinski definition) is 3. The number of rotatable bonds is 2.